The van der Waals surface area contributed by atoms with Crippen LogP contribution in [0.3, 0.4) is 0 Å². The Morgan fingerprint density at radius 3 is 2.50 bits per heavy atom. The molecule has 0 saturated carbocycles. The fraction of sp³-hybridized carbons (Fsp3) is 0.556. The lowest BCUT2D eigenvalue weighted by atomic mass is 10.1. The molecule has 1 rings (SSSR count). The highest BCUT2D eigenvalue weighted by Crippen LogP contribution is 2.13. The SMILES string of the molecule is CCc1c[nH]c(C(C)C)c1. The zero-order valence-corrected chi connectivity index (χ0v) is 6.94. The van der Waals surface area contributed by atoms with Gasteiger partial charge < -0.3 is 4.98 Å². The van der Waals surface area contributed by atoms with Gasteiger partial charge in [0, 0.05) is 11.9 Å². The van der Waals surface area contributed by atoms with Crippen LogP contribution in [0.4, 0.5) is 0 Å². The van der Waals surface area contributed by atoms with Gasteiger partial charge in [-0.25, -0.2) is 0 Å². The second-order valence-electron chi connectivity index (χ2n) is 2.97. The third kappa shape index (κ3) is 1.41. The number of nitrogens with one attached hydrogen (secondary N) is 1. The molecule has 0 radical (unpaired) electrons. The normalized spacial score (nSPS) is 10.8. The molecule has 0 spiro atoms. The van der Waals surface area contributed by atoms with Crippen LogP contribution in [0.2, 0.25) is 0 Å². The summed E-state index contributed by atoms with van der Waals surface area (Å²) in [6.07, 6.45) is 3.22. The Morgan fingerprint density at radius 1 is 1.50 bits per heavy atom. The Labute approximate surface area is 62.5 Å². The molecule has 0 unspecified atom stereocenters. The minimum absolute atomic E-state index is 0.625. The van der Waals surface area contributed by atoms with E-state index in [4.69, 9.17) is 0 Å². The summed E-state index contributed by atoms with van der Waals surface area (Å²) in [6.45, 7) is 6.57. The van der Waals surface area contributed by atoms with Gasteiger partial charge in [0.15, 0.2) is 0 Å². The van der Waals surface area contributed by atoms with Crippen molar-refractivity contribution in [3.8, 4) is 0 Å². The van der Waals surface area contributed by atoms with Crippen molar-refractivity contribution in [2.75, 3.05) is 0 Å². The van der Waals surface area contributed by atoms with Crippen molar-refractivity contribution in [2.45, 2.75) is 33.1 Å². The lowest BCUT2D eigenvalue weighted by molar-refractivity contribution is 0.833. The van der Waals surface area contributed by atoms with Crippen LogP contribution in [-0.4, -0.2) is 4.98 Å². The molecule has 0 amide bonds. The number of rotatable bonds is 2. The Morgan fingerprint density at radius 2 is 2.20 bits per heavy atom. The zero-order valence-electron chi connectivity index (χ0n) is 6.94. The van der Waals surface area contributed by atoms with Crippen LogP contribution in [0.15, 0.2) is 12.3 Å². The molecular weight excluding hydrogens is 122 g/mol. The highest BCUT2D eigenvalue weighted by Gasteiger charge is 2.00. The lowest BCUT2D eigenvalue weighted by Crippen LogP contribution is -1.84. The first-order valence-corrected chi connectivity index (χ1v) is 3.91. The van der Waals surface area contributed by atoms with Crippen LogP contribution in [0, 0.1) is 0 Å². The predicted octanol–water partition coefficient (Wildman–Crippen LogP) is 2.70. The predicted molar refractivity (Wildman–Crippen MR) is 44.3 cm³/mol. The molecule has 1 heterocycles. The Hall–Kier alpha value is -0.720. The molecule has 0 aliphatic rings. The van der Waals surface area contributed by atoms with E-state index in [1.807, 2.05) is 0 Å². The summed E-state index contributed by atoms with van der Waals surface area (Å²) in [5.41, 5.74) is 2.75. The first kappa shape index (κ1) is 7.39. The van der Waals surface area contributed by atoms with E-state index < -0.39 is 0 Å². The van der Waals surface area contributed by atoms with Gasteiger partial charge >= 0.3 is 0 Å². The second-order valence-corrected chi connectivity index (χ2v) is 2.97. The molecular formula is C9H15N. The van der Waals surface area contributed by atoms with Gasteiger partial charge in [-0.1, -0.05) is 20.8 Å². The maximum absolute atomic E-state index is 3.26. The summed E-state index contributed by atoms with van der Waals surface area (Å²) in [6, 6.07) is 2.24. The molecule has 0 bridgehead atoms. The number of H-pyrrole nitrogens is 1. The van der Waals surface area contributed by atoms with Crippen molar-refractivity contribution >= 4 is 0 Å². The van der Waals surface area contributed by atoms with E-state index in [-0.39, 0.29) is 0 Å². The summed E-state index contributed by atoms with van der Waals surface area (Å²) in [5.74, 6) is 0.625. The summed E-state index contributed by atoms with van der Waals surface area (Å²) in [4.78, 5) is 3.26. The molecule has 0 saturated heterocycles. The van der Waals surface area contributed by atoms with E-state index in [2.05, 4.69) is 38.0 Å². The number of aromatic amines is 1. The van der Waals surface area contributed by atoms with E-state index in [0.29, 0.717) is 5.92 Å². The van der Waals surface area contributed by atoms with E-state index >= 15 is 0 Å². The van der Waals surface area contributed by atoms with Crippen LogP contribution >= 0.6 is 0 Å². The lowest BCUT2D eigenvalue weighted by Gasteiger charge is -1.97. The molecule has 10 heavy (non-hydrogen) atoms. The highest BCUT2D eigenvalue weighted by molar-refractivity contribution is 5.18. The molecule has 1 nitrogen and oxygen atoms in total. The molecule has 1 aromatic rings. The minimum atomic E-state index is 0.625. The van der Waals surface area contributed by atoms with E-state index in [1.54, 1.807) is 0 Å². The smallest absolute Gasteiger partial charge is 0.0175 e. The van der Waals surface area contributed by atoms with E-state index in [9.17, 15) is 0 Å². The Kier molecular flexibility index (Phi) is 2.15. The molecule has 1 aromatic heterocycles. The van der Waals surface area contributed by atoms with Crippen molar-refractivity contribution in [2.24, 2.45) is 0 Å². The van der Waals surface area contributed by atoms with E-state index in [0.717, 1.165) is 6.42 Å². The quantitative estimate of drug-likeness (QED) is 0.645. The van der Waals surface area contributed by atoms with Crippen LogP contribution in [-0.2, 0) is 6.42 Å². The fourth-order valence-electron chi connectivity index (χ4n) is 0.997. The third-order valence-electron chi connectivity index (χ3n) is 1.80. The Bertz CT molecular complexity index is 198. The average molecular weight is 137 g/mol. The summed E-state index contributed by atoms with van der Waals surface area (Å²) in [7, 11) is 0. The van der Waals surface area contributed by atoms with Gasteiger partial charge in [-0.3, -0.25) is 0 Å². The summed E-state index contributed by atoms with van der Waals surface area (Å²) in [5, 5.41) is 0. The third-order valence-corrected chi connectivity index (χ3v) is 1.80. The maximum Gasteiger partial charge on any atom is 0.0175 e. The molecule has 1 heteroatoms. The van der Waals surface area contributed by atoms with E-state index in [1.165, 1.54) is 11.3 Å². The van der Waals surface area contributed by atoms with Crippen molar-refractivity contribution in [1.29, 1.82) is 0 Å². The topological polar surface area (TPSA) is 15.8 Å². The van der Waals surface area contributed by atoms with Gasteiger partial charge in [-0.05, 0) is 24.0 Å². The van der Waals surface area contributed by atoms with Gasteiger partial charge in [-0.15, -0.1) is 0 Å². The molecule has 0 fully saturated rings. The van der Waals surface area contributed by atoms with Crippen molar-refractivity contribution in [3.05, 3.63) is 23.5 Å². The largest absolute Gasteiger partial charge is 0.365 e. The number of hydrogen-bond donors (Lipinski definition) is 1. The van der Waals surface area contributed by atoms with Crippen LogP contribution in [0.5, 0.6) is 0 Å². The van der Waals surface area contributed by atoms with Crippen LogP contribution in [0.25, 0.3) is 0 Å². The zero-order chi connectivity index (χ0) is 7.56. The molecule has 0 aromatic carbocycles. The van der Waals surface area contributed by atoms with Crippen molar-refractivity contribution in [1.82, 2.24) is 4.98 Å². The van der Waals surface area contributed by atoms with Gasteiger partial charge in [0.05, 0.1) is 0 Å². The summed E-state index contributed by atoms with van der Waals surface area (Å²) < 4.78 is 0. The van der Waals surface area contributed by atoms with Gasteiger partial charge in [0.1, 0.15) is 0 Å². The molecule has 56 valence electrons. The number of aromatic nitrogens is 1. The molecule has 1 N–H and O–H groups in total. The first-order chi connectivity index (χ1) is 4.74. The maximum atomic E-state index is 3.26. The van der Waals surface area contributed by atoms with Crippen molar-refractivity contribution < 1.29 is 0 Å². The monoisotopic (exact) mass is 137 g/mol. The second kappa shape index (κ2) is 2.91. The number of hydrogen-bond acceptors (Lipinski definition) is 0. The molecule has 0 atom stereocenters. The summed E-state index contributed by atoms with van der Waals surface area (Å²) >= 11 is 0. The number of aryl methyl sites for hydroxylation is 1. The van der Waals surface area contributed by atoms with Crippen LogP contribution < -0.4 is 0 Å². The fourth-order valence-corrected chi connectivity index (χ4v) is 0.997. The standard InChI is InChI=1S/C9H15N/c1-4-8-5-9(7(2)3)10-6-8/h5-7,10H,4H2,1-3H3. The van der Waals surface area contributed by atoms with Gasteiger partial charge in [0.25, 0.3) is 0 Å². The van der Waals surface area contributed by atoms with Crippen LogP contribution in [0.1, 0.15) is 37.9 Å². The van der Waals surface area contributed by atoms with Gasteiger partial charge in [0.2, 0.25) is 0 Å². The minimum Gasteiger partial charge on any atom is -0.365 e. The van der Waals surface area contributed by atoms with Crippen molar-refractivity contribution in [3.63, 3.8) is 0 Å². The Balaban J connectivity index is 2.78. The average Bonchev–Trinajstić information content (AvgIpc) is 2.34. The first-order valence-electron chi connectivity index (χ1n) is 3.91. The molecule has 0 aliphatic heterocycles. The highest BCUT2D eigenvalue weighted by atomic mass is 14.7. The molecule has 0 aliphatic carbocycles. The van der Waals surface area contributed by atoms with Gasteiger partial charge in [-0.2, -0.15) is 0 Å².